The number of likely N-dealkylation sites (N-methyl/N-ethyl adjacent to an activating group) is 1. The van der Waals surface area contributed by atoms with Gasteiger partial charge >= 0.3 is 6.03 Å². The molecule has 4 amide bonds. The Kier molecular flexibility index (Phi) is 7.97. The maximum Gasteiger partial charge on any atom is 0.321 e. The summed E-state index contributed by atoms with van der Waals surface area (Å²) in [6.45, 7) is 3.72. The maximum absolute atomic E-state index is 12.0. The van der Waals surface area contributed by atoms with E-state index in [4.69, 9.17) is 23.2 Å². The van der Waals surface area contributed by atoms with E-state index in [2.05, 4.69) is 16.0 Å². The fraction of sp³-hybridized carbons (Fsp3) is 0.400. The van der Waals surface area contributed by atoms with Gasteiger partial charge in [-0.05, 0) is 39.1 Å². The van der Waals surface area contributed by atoms with Crippen molar-refractivity contribution >= 4 is 46.7 Å². The molecule has 7 nitrogen and oxygen atoms in total. The first-order chi connectivity index (χ1) is 11.2. The summed E-state index contributed by atoms with van der Waals surface area (Å²) < 4.78 is 0. The number of hydrogen-bond acceptors (Lipinski definition) is 4. The Labute approximate surface area is 150 Å². The molecule has 1 aromatic carbocycles. The molecule has 0 bridgehead atoms. The first-order valence-corrected chi connectivity index (χ1v) is 8.04. The molecule has 1 unspecified atom stereocenters. The van der Waals surface area contributed by atoms with Crippen LogP contribution in [0, 0.1) is 0 Å². The summed E-state index contributed by atoms with van der Waals surface area (Å²) in [6, 6.07) is 3.51. The summed E-state index contributed by atoms with van der Waals surface area (Å²) in [4.78, 5) is 36.8. The number of rotatable bonds is 6. The van der Waals surface area contributed by atoms with E-state index in [1.807, 2.05) is 0 Å². The predicted molar refractivity (Wildman–Crippen MR) is 94.4 cm³/mol. The molecule has 0 aliphatic carbocycles. The topological polar surface area (TPSA) is 90.5 Å². The molecule has 1 atom stereocenters. The number of carbonyl (C=O) groups is 3. The molecule has 0 aliphatic heterocycles. The van der Waals surface area contributed by atoms with Crippen LogP contribution in [0.3, 0.4) is 0 Å². The van der Waals surface area contributed by atoms with Crippen LogP contribution in [0.15, 0.2) is 18.2 Å². The van der Waals surface area contributed by atoms with Gasteiger partial charge in [-0.2, -0.15) is 0 Å². The number of urea groups is 1. The molecule has 1 rings (SSSR count). The fourth-order valence-corrected chi connectivity index (χ4v) is 2.06. The standard InChI is InChI=1S/C15H20Cl2N4O3/c1-4-18-15(24)20-14(23)9(2)21(3)8-13(22)19-10-5-6-11(16)12(17)7-10/h5-7,9H,4,8H2,1-3H3,(H,19,22)(H2,18,20,23,24). The lowest BCUT2D eigenvalue weighted by Gasteiger charge is -2.23. The molecular weight excluding hydrogens is 355 g/mol. The van der Waals surface area contributed by atoms with Gasteiger partial charge in [0.05, 0.1) is 22.6 Å². The van der Waals surface area contributed by atoms with Crippen molar-refractivity contribution in [3.05, 3.63) is 28.2 Å². The van der Waals surface area contributed by atoms with E-state index in [1.54, 1.807) is 33.0 Å². The third-order valence-corrected chi connectivity index (χ3v) is 3.95. The van der Waals surface area contributed by atoms with Gasteiger partial charge in [0.25, 0.3) is 0 Å². The van der Waals surface area contributed by atoms with Crippen molar-refractivity contribution in [2.45, 2.75) is 19.9 Å². The van der Waals surface area contributed by atoms with E-state index in [1.165, 1.54) is 11.0 Å². The van der Waals surface area contributed by atoms with Crippen LogP contribution in [0.25, 0.3) is 0 Å². The number of nitrogens with one attached hydrogen (secondary N) is 3. The molecule has 0 spiro atoms. The molecule has 3 N–H and O–H groups in total. The van der Waals surface area contributed by atoms with Gasteiger partial charge in [-0.1, -0.05) is 23.2 Å². The number of anilines is 1. The van der Waals surface area contributed by atoms with Gasteiger partial charge in [0.2, 0.25) is 11.8 Å². The quantitative estimate of drug-likeness (QED) is 0.710. The molecule has 9 heteroatoms. The lowest BCUT2D eigenvalue weighted by molar-refractivity contribution is -0.125. The fourth-order valence-electron chi connectivity index (χ4n) is 1.76. The Balaban J connectivity index is 2.54. The normalized spacial score (nSPS) is 11.8. The molecule has 0 fully saturated rings. The van der Waals surface area contributed by atoms with Crippen molar-refractivity contribution in [2.75, 3.05) is 25.5 Å². The molecule has 0 radical (unpaired) electrons. The average Bonchev–Trinajstić information content (AvgIpc) is 2.50. The number of benzene rings is 1. The highest BCUT2D eigenvalue weighted by Crippen LogP contribution is 2.24. The van der Waals surface area contributed by atoms with E-state index in [0.717, 1.165) is 0 Å². The number of carbonyl (C=O) groups excluding carboxylic acids is 3. The highest BCUT2D eigenvalue weighted by molar-refractivity contribution is 6.42. The second kappa shape index (κ2) is 9.46. The second-order valence-electron chi connectivity index (χ2n) is 5.12. The average molecular weight is 375 g/mol. The van der Waals surface area contributed by atoms with E-state index in [-0.39, 0.29) is 12.5 Å². The molecule has 0 heterocycles. The van der Waals surface area contributed by atoms with Crippen molar-refractivity contribution in [1.82, 2.24) is 15.5 Å². The molecule has 0 aromatic heterocycles. The minimum absolute atomic E-state index is 0.0375. The molecule has 1 aromatic rings. The van der Waals surface area contributed by atoms with Crippen molar-refractivity contribution in [2.24, 2.45) is 0 Å². The zero-order chi connectivity index (χ0) is 18.3. The van der Waals surface area contributed by atoms with E-state index in [0.29, 0.717) is 22.3 Å². The van der Waals surface area contributed by atoms with Crippen LogP contribution in [0.1, 0.15) is 13.8 Å². The summed E-state index contributed by atoms with van der Waals surface area (Å²) >= 11 is 11.7. The Morgan fingerprint density at radius 2 is 1.88 bits per heavy atom. The van der Waals surface area contributed by atoms with Crippen molar-refractivity contribution in [3.63, 3.8) is 0 Å². The lowest BCUT2D eigenvalue weighted by atomic mass is 10.2. The maximum atomic E-state index is 12.0. The molecule has 132 valence electrons. The van der Waals surface area contributed by atoms with E-state index >= 15 is 0 Å². The predicted octanol–water partition coefficient (Wildman–Crippen LogP) is 2.10. The minimum Gasteiger partial charge on any atom is -0.338 e. The Bertz CT molecular complexity index is 625. The highest BCUT2D eigenvalue weighted by atomic mass is 35.5. The van der Waals surface area contributed by atoms with Gasteiger partial charge in [0.1, 0.15) is 0 Å². The zero-order valence-electron chi connectivity index (χ0n) is 13.7. The lowest BCUT2D eigenvalue weighted by Crippen LogP contribution is -2.49. The third kappa shape index (κ3) is 6.35. The number of amides is 4. The second-order valence-corrected chi connectivity index (χ2v) is 5.93. The molecule has 0 aliphatic rings. The molecule has 24 heavy (non-hydrogen) atoms. The SMILES string of the molecule is CCNC(=O)NC(=O)C(C)N(C)CC(=O)Nc1ccc(Cl)c(Cl)c1. The smallest absolute Gasteiger partial charge is 0.321 e. The van der Waals surface area contributed by atoms with Crippen LogP contribution < -0.4 is 16.0 Å². The van der Waals surface area contributed by atoms with E-state index in [9.17, 15) is 14.4 Å². The third-order valence-electron chi connectivity index (χ3n) is 3.21. The van der Waals surface area contributed by atoms with Gasteiger partial charge < -0.3 is 10.6 Å². The van der Waals surface area contributed by atoms with Gasteiger partial charge in [0, 0.05) is 12.2 Å². The van der Waals surface area contributed by atoms with Crippen molar-refractivity contribution in [3.8, 4) is 0 Å². The van der Waals surface area contributed by atoms with Crippen molar-refractivity contribution < 1.29 is 14.4 Å². The molecular formula is C15H20Cl2N4O3. The Morgan fingerprint density at radius 3 is 2.46 bits per heavy atom. The zero-order valence-corrected chi connectivity index (χ0v) is 15.2. The van der Waals surface area contributed by atoms with Crippen molar-refractivity contribution in [1.29, 1.82) is 0 Å². The van der Waals surface area contributed by atoms with E-state index < -0.39 is 18.0 Å². The number of halogens is 2. The number of hydrogen-bond donors (Lipinski definition) is 3. The van der Waals surface area contributed by atoms with Crippen LogP contribution in [-0.2, 0) is 9.59 Å². The largest absolute Gasteiger partial charge is 0.338 e. The van der Waals surface area contributed by atoms with Crippen LogP contribution in [0.2, 0.25) is 10.0 Å². The minimum atomic E-state index is -0.660. The summed E-state index contributed by atoms with van der Waals surface area (Å²) in [5, 5.41) is 8.05. The summed E-state index contributed by atoms with van der Waals surface area (Å²) in [7, 11) is 1.61. The summed E-state index contributed by atoms with van der Waals surface area (Å²) in [5.41, 5.74) is 0.502. The van der Waals surface area contributed by atoms with Crippen LogP contribution in [0.4, 0.5) is 10.5 Å². The van der Waals surface area contributed by atoms with Crippen LogP contribution in [0.5, 0.6) is 0 Å². The van der Waals surface area contributed by atoms with Gasteiger partial charge in [0.15, 0.2) is 0 Å². The summed E-state index contributed by atoms with van der Waals surface area (Å²) in [5.74, 6) is -0.820. The van der Waals surface area contributed by atoms with Gasteiger partial charge in [-0.3, -0.25) is 19.8 Å². The Hall–Kier alpha value is -1.83. The van der Waals surface area contributed by atoms with Gasteiger partial charge in [-0.15, -0.1) is 0 Å². The van der Waals surface area contributed by atoms with Crippen LogP contribution >= 0.6 is 23.2 Å². The Morgan fingerprint density at radius 1 is 1.21 bits per heavy atom. The van der Waals surface area contributed by atoms with Crippen LogP contribution in [-0.4, -0.2) is 48.9 Å². The highest BCUT2D eigenvalue weighted by Gasteiger charge is 2.21. The monoisotopic (exact) mass is 374 g/mol. The first-order valence-electron chi connectivity index (χ1n) is 7.28. The van der Waals surface area contributed by atoms with Gasteiger partial charge in [-0.25, -0.2) is 4.79 Å². The number of imide groups is 1. The number of nitrogens with zero attached hydrogens (tertiary/aromatic N) is 1. The first kappa shape index (κ1) is 20.2. The summed E-state index contributed by atoms with van der Waals surface area (Å²) in [6.07, 6.45) is 0. The molecule has 0 saturated carbocycles. The molecule has 0 saturated heterocycles.